The standard InChI is InChI=1S/C11H23NO2/c1-2-6-13-7-8-14-11-5-3-4-10(12)9-11/h10-11H,2-9,12H2,1H3. The molecule has 0 amide bonds. The van der Waals surface area contributed by atoms with E-state index < -0.39 is 0 Å². The lowest BCUT2D eigenvalue weighted by molar-refractivity contribution is -0.0129. The second kappa shape index (κ2) is 7.21. The van der Waals surface area contributed by atoms with Gasteiger partial charge in [0, 0.05) is 12.6 Å². The molecule has 0 aromatic carbocycles. The third-order valence-electron chi connectivity index (χ3n) is 2.60. The van der Waals surface area contributed by atoms with Crippen molar-refractivity contribution in [3.05, 3.63) is 0 Å². The smallest absolute Gasteiger partial charge is 0.0704 e. The van der Waals surface area contributed by atoms with Gasteiger partial charge < -0.3 is 15.2 Å². The van der Waals surface area contributed by atoms with E-state index >= 15 is 0 Å². The molecule has 0 aliphatic heterocycles. The number of nitrogens with two attached hydrogens (primary N) is 1. The van der Waals surface area contributed by atoms with E-state index in [1.54, 1.807) is 0 Å². The fraction of sp³-hybridized carbons (Fsp3) is 1.00. The largest absolute Gasteiger partial charge is 0.379 e. The van der Waals surface area contributed by atoms with Gasteiger partial charge in [-0.1, -0.05) is 6.92 Å². The fourth-order valence-corrected chi connectivity index (χ4v) is 1.85. The molecule has 3 heteroatoms. The predicted molar refractivity (Wildman–Crippen MR) is 57.3 cm³/mol. The van der Waals surface area contributed by atoms with Crippen molar-refractivity contribution >= 4 is 0 Å². The third-order valence-corrected chi connectivity index (χ3v) is 2.60. The summed E-state index contributed by atoms with van der Waals surface area (Å²) in [6.07, 6.45) is 6.01. The Morgan fingerprint density at radius 1 is 1.21 bits per heavy atom. The number of hydrogen-bond acceptors (Lipinski definition) is 3. The van der Waals surface area contributed by atoms with Gasteiger partial charge in [-0.3, -0.25) is 0 Å². The lowest BCUT2D eigenvalue weighted by Gasteiger charge is -2.26. The van der Waals surface area contributed by atoms with Gasteiger partial charge in [-0.15, -0.1) is 0 Å². The molecule has 0 heterocycles. The Morgan fingerprint density at radius 2 is 2.07 bits per heavy atom. The zero-order valence-corrected chi connectivity index (χ0v) is 9.21. The van der Waals surface area contributed by atoms with Crippen molar-refractivity contribution in [3.8, 4) is 0 Å². The zero-order chi connectivity index (χ0) is 10.2. The first-order valence-electron chi connectivity index (χ1n) is 5.78. The van der Waals surface area contributed by atoms with E-state index in [9.17, 15) is 0 Å². The van der Waals surface area contributed by atoms with Gasteiger partial charge in [0.15, 0.2) is 0 Å². The molecule has 2 N–H and O–H groups in total. The zero-order valence-electron chi connectivity index (χ0n) is 9.21. The maximum absolute atomic E-state index is 5.87. The van der Waals surface area contributed by atoms with Crippen molar-refractivity contribution in [2.45, 2.75) is 51.2 Å². The monoisotopic (exact) mass is 201 g/mol. The molecule has 1 rings (SSSR count). The summed E-state index contributed by atoms with van der Waals surface area (Å²) >= 11 is 0. The van der Waals surface area contributed by atoms with E-state index in [2.05, 4.69) is 6.92 Å². The predicted octanol–water partition coefficient (Wildman–Crippen LogP) is 1.70. The van der Waals surface area contributed by atoms with Gasteiger partial charge in [0.2, 0.25) is 0 Å². The van der Waals surface area contributed by atoms with Crippen LogP contribution in [0.25, 0.3) is 0 Å². The van der Waals surface area contributed by atoms with Gasteiger partial charge in [0.1, 0.15) is 0 Å². The summed E-state index contributed by atoms with van der Waals surface area (Å²) in [7, 11) is 0. The van der Waals surface area contributed by atoms with Crippen LogP contribution in [0.15, 0.2) is 0 Å². The van der Waals surface area contributed by atoms with Gasteiger partial charge >= 0.3 is 0 Å². The van der Waals surface area contributed by atoms with Crippen LogP contribution in [-0.2, 0) is 9.47 Å². The molecule has 1 saturated carbocycles. The lowest BCUT2D eigenvalue weighted by Crippen LogP contribution is -2.32. The molecule has 0 bridgehead atoms. The molecule has 84 valence electrons. The van der Waals surface area contributed by atoms with Crippen LogP contribution in [0.3, 0.4) is 0 Å². The molecule has 0 radical (unpaired) electrons. The molecule has 0 aromatic rings. The van der Waals surface area contributed by atoms with Crippen molar-refractivity contribution in [1.82, 2.24) is 0 Å². The van der Waals surface area contributed by atoms with Crippen LogP contribution in [0.5, 0.6) is 0 Å². The molecule has 14 heavy (non-hydrogen) atoms. The summed E-state index contributed by atoms with van der Waals surface area (Å²) in [5.41, 5.74) is 5.87. The van der Waals surface area contributed by atoms with Crippen molar-refractivity contribution in [2.24, 2.45) is 5.73 Å². The fourth-order valence-electron chi connectivity index (χ4n) is 1.85. The first-order chi connectivity index (χ1) is 6.83. The van der Waals surface area contributed by atoms with E-state index in [0.717, 1.165) is 39.1 Å². The minimum Gasteiger partial charge on any atom is -0.379 e. The number of ether oxygens (including phenoxy) is 2. The highest BCUT2D eigenvalue weighted by Crippen LogP contribution is 2.19. The average Bonchev–Trinajstić information content (AvgIpc) is 2.18. The van der Waals surface area contributed by atoms with Crippen molar-refractivity contribution in [3.63, 3.8) is 0 Å². The molecule has 2 unspecified atom stereocenters. The summed E-state index contributed by atoms with van der Waals surface area (Å²) < 4.78 is 11.0. The highest BCUT2D eigenvalue weighted by atomic mass is 16.5. The van der Waals surface area contributed by atoms with Gasteiger partial charge in [-0.25, -0.2) is 0 Å². The van der Waals surface area contributed by atoms with Crippen LogP contribution in [0.4, 0.5) is 0 Å². The molecular weight excluding hydrogens is 178 g/mol. The number of rotatable bonds is 6. The molecule has 3 nitrogen and oxygen atoms in total. The van der Waals surface area contributed by atoms with E-state index in [0.29, 0.717) is 12.1 Å². The Labute approximate surface area is 86.9 Å². The van der Waals surface area contributed by atoms with E-state index in [-0.39, 0.29) is 0 Å². The normalized spacial score (nSPS) is 27.9. The van der Waals surface area contributed by atoms with Crippen LogP contribution < -0.4 is 5.73 Å². The minimum atomic E-state index is 0.352. The van der Waals surface area contributed by atoms with Crippen LogP contribution in [0.1, 0.15) is 39.0 Å². The Bertz CT molecular complexity index is 141. The highest BCUT2D eigenvalue weighted by Gasteiger charge is 2.19. The van der Waals surface area contributed by atoms with Crippen LogP contribution in [0.2, 0.25) is 0 Å². The van der Waals surface area contributed by atoms with Crippen molar-refractivity contribution < 1.29 is 9.47 Å². The van der Waals surface area contributed by atoms with Crippen LogP contribution in [-0.4, -0.2) is 32.0 Å². The van der Waals surface area contributed by atoms with Crippen molar-refractivity contribution in [2.75, 3.05) is 19.8 Å². The molecule has 1 fully saturated rings. The van der Waals surface area contributed by atoms with Gasteiger partial charge in [-0.05, 0) is 32.1 Å². The van der Waals surface area contributed by atoms with E-state index in [1.807, 2.05) is 0 Å². The van der Waals surface area contributed by atoms with E-state index in [1.165, 1.54) is 12.8 Å². The maximum atomic E-state index is 5.87. The summed E-state index contributed by atoms with van der Waals surface area (Å²) in [6, 6.07) is 0.352. The minimum absolute atomic E-state index is 0.352. The van der Waals surface area contributed by atoms with E-state index in [4.69, 9.17) is 15.2 Å². The lowest BCUT2D eigenvalue weighted by atomic mass is 9.94. The molecule has 0 aromatic heterocycles. The van der Waals surface area contributed by atoms with Gasteiger partial charge in [0.05, 0.1) is 19.3 Å². The topological polar surface area (TPSA) is 44.5 Å². The van der Waals surface area contributed by atoms with Gasteiger partial charge in [0.25, 0.3) is 0 Å². The second-order valence-electron chi connectivity index (χ2n) is 4.03. The maximum Gasteiger partial charge on any atom is 0.0704 e. The molecule has 0 spiro atoms. The Morgan fingerprint density at radius 3 is 2.79 bits per heavy atom. The summed E-state index contributed by atoms with van der Waals surface area (Å²) in [4.78, 5) is 0. The third kappa shape index (κ3) is 4.94. The first-order valence-corrected chi connectivity index (χ1v) is 5.78. The Hall–Kier alpha value is -0.120. The summed E-state index contributed by atoms with van der Waals surface area (Å²) in [5.74, 6) is 0. The Kier molecular flexibility index (Phi) is 6.15. The molecule has 1 aliphatic rings. The quantitative estimate of drug-likeness (QED) is 0.665. The second-order valence-corrected chi connectivity index (χ2v) is 4.03. The number of hydrogen-bond donors (Lipinski definition) is 1. The van der Waals surface area contributed by atoms with Crippen LogP contribution in [0, 0.1) is 0 Å². The van der Waals surface area contributed by atoms with Crippen LogP contribution >= 0.6 is 0 Å². The average molecular weight is 201 g/mol. The molecule has 2 atom stereocenters. The first kappa shape index (κ1) is 12.0. The Balaban J connectivity index is 1.95. The van der Waals surface area contributed by atoms with Crippen molar-refractivity contribution in [1.29, 1.82) is 0 Å². The summed E-state index contributed by atoms with van der Waals surface area (Å²) in [5, 5.41) is 0. The molecule has 0 saturated heterocycles. The molecule has 1 aliphatic carbocycles. The van der Waals surface area contributed by atoms with Gasteiger partial charge in [-0.2, -0.15) is 0 Å². The molecular formula is C11H23NO2. The highest BCUT2D eigenvalue weighted by molar-refractivity contribution is 4.75. The SMILES string of the molecule is CCCOCCOC1CCCC(N)C1. The summed E-state index contributed by atoms with van der Waals surface area (Å²) in [6.45, 7) is 4.39.